The highest BCUT2D eigenvalue weighted by Crippen LogP contribution is 2.17. The summed E-state index contributed by atoms with van der Waals surface area (Å²) in [6, 6.07) is 13.1. The molecule has 0 atom stereocenters. The van der Waals surface area contributed by atoms with Crippen molar-refractivity contribution >= 4 is 23.5 Å². The fourth-order valence-corrected chi connectivity index (χ4v) is 3.41. The Bertz CT molecular complexity index is 1150. The number of carbonyl (C=O) groups excluding carboxylic acids is 1. The number of benzene rings is 1. The van der Waals surface area contributed by atoms with Gasteiger partial charge in [-0.1, -0.05) is 36.3 Å². The van der Waals surface area contributed by atoms with Crippen molar-refractivity contribution < 1.29 is 4.79 Å². The van der Waals surface area contributed by atoms with Crippen molar-refractivity contribution in [3.8, 4) is 11.8 Å². The van der Waals surface area contributed by atoms with Gasteiger partial charge in [-0.25, -0.2) is 4.98 Å². The molecule has 0 amide bonds. The Balaban J connectivity index is 1.54. The fourth-order valence-electron chi connectivity index (χ4n) is 3.41. The van der Waals surface area contributed by atoms with Crippen molar-refractivity contribution in [2.75, 3.05) is 43.4 Å². The highest BCUT2D eigenvalue weighted by molar-refractivity contribution is 5.98. The number of piperazine rings is 1. The normalized spacial score (nSPS) is 13.9. The zero-order chi connectivity index (χ0) is 22.3. The monoisotopic (exact) mass is 427 g/mol. The van der Waals surface area contributed by atoms with Gasteiger partial charge >= 0.3 is 0 Å². The standard InChI is InChI=1S/C24H25N7O/c1-3-7-21-26-23(29-24(28-21)31-14-12-30(2)13-15-31)27-22-17-19(10-11-25-22)20(32)16-18-8-5-4-6-9-18/h4-6,8-11,17H,12-16H2,1-2H3,(H,25,26,27,28,29). The summed E-state index contributed by atoms with van der Waals surface area (Å²) in [4.78, 5) is 34.9. The molecule has 1 N–H and O–H groups in total. The van der Waals surface area contributed by atoms with Crippen LogP contribution in [-0.2, 0) is 6.42 Å². The van der Waals surface area contributed by atoms with E-state index in [2.05, 4.69) is 53.9 Å². The summed E-state index contributed by atoms with van der Waals surface area (Å²) >= 11 is 0. The Morgan fingerprint density at radius 3 is 2.59 bits per heavy atom. The summed E-state index contributed by atoms with van der Waals surface area (Å²) in [7, 11) is 2.10. The highest BCUT2D eigenvalue weighted by atomic mass is 16.1. The minimum absolute atomic E-state index is 0.0213. The second kappa shape index (κ2) is 9.98. The van der Waals surface area contributed by atoms with Crippen molar-refractivity contribution in [1.82, 2.24) is 24.8 Å². The topological polar surface area (TPSA) is 87.1 Å². The summed E-state index contributed by atoms with van der Waals surface area (Å²) in [6.07, 6.45) is 1.94. The fraction of sp³-hybridized carbons (Fsp3) is 0.292. The molecule has 1 aliphatic rings. The molecule has 162 valence electrons. The Hall–Kier alpha value is -3.83. The molecule has 0 aliphatic carbocycles. The molecule has 1 saturated heterocycles. The molecule has 0 radical (unpaired) electrons. The van der Waals surface area contributed by atoms with Crippen LogP contribution in [0.2, 0.25) is 0 Å². The zero-order valence-electron chi connectivity index (χ0n) is 18.2. The van der Waals surface area contributed by atoms with Crippen LogP contribution in [-0.4, -0.2) is 63.8 Å². The maximum atomic E-state index is 12.7. The van der Waals surface area contributed by atoms with E-state index in [-0.39, 0.29) is 5.78 Å². The van der Waals surface area contributed by atoms with E-state index in [1.807, 2.05) is 30.3 Å². The Morgan fingerprint density at radius 1 is 1.06 bits per heavy atom. The van der Waals surface area contributed by atoms with E-state index in [0.717, 1.165) is 31.7 Å². The Labute approximate surface area is 187 Å². The van der Waals surface area contributed by atoms with Crippen LogP contribution in [0, 0.1) is 11.8 Å². The number of ketones is 1. The number of nitrogens with one attached hydrogen (secondary N) is 1. The summed E-state index contributed by atoms with van der Waals surface area (Å²) in [6.45, 7) is 5.30. The second-order valence-corrected chi connectivity index (χ2v) is 7.59. The van der Waals surface area contributed by atoms with Crippen LogP contribution in [0.5, 0.6) is 0 Å². The smallest absolute Gasteiger partial charge is 0.234 e. The van der Waals surface area contributed by atoms with E-state index >= 15 is 0 Å². The van der Waals surface area contributed by atoms with Gasteiger partial charge in [-0.2, -0.15) is 15.0 Å². The lowest BCUT2D eigenvalue weighted by Crippen LogP contribution is -2.45. The third kappa shape index (κ3) is 5.45. The largest absolute Gasteiger partial charge is 0.338 e. The summed E-state index contributed by atoms with van der Waals surface area (Å²) in [5.41, 5.74) is 1.55. The summed E-state index contributed by atoms with van der Waals surface area (Å²) in [5, 5.41) is 3.12. The number of rotatable bonds is 6. The van der Waals surface area contributed by atoms with Crippen LogP contribution in [0.3, 0.4) is 0 Å². The molecule has 3 aromatic rings. The molecule has 4 rings (SSSR count). The highest BCUT2D eigenvalue weighted by Gasteiger charge is 2.18. The minimum Gasteiger partial charge on any atom is -0.338 e. The van der Waals surface area contributed by atoms with Gasteiger partial charge in [0.25, 0.3) is 0 Å². The number of hydrogen-bond donors (Lipinski definition) is 1. The van der Waals surface area contributed by atoms with E-state index in [1.165, 1.54) is 0 Å². The SMILES string of the molecule is CC#Cc1nc(Nc2cc(C(=O)Cc3ccccc3)ccn2)nc(N2CCN(C)CC2)n1. The molecule has 0 spiro atoms. The van der Waals surface area contributed by atoms with Gasteiger partial charge in [0.2, 0.25) is 17.7 Å². The van der Waals surface area contributed by atoms with Crippen molar-refractivity contribution in [1.29, 1.82) is 0 Å². The lowest BCUT2D eigenvalue weighted by Gasteiger charge is -2.32. The molecule has 32 heavy (non-hydrogen) atoms. The molecular weight excluding hydrogens is 402 g/mol. The van der Waals surface area contributed by atoms with Crippen LogP contribution >= 0.6 is 0 Å². The van der Waals surface area contributed by atoms with Crippen molar-refractivity contribution in [3.63, 3.8) is 0 Å². The third-order valence-corrected chi connectivity index (χ3v) is 5.18. The summed E-state index contributed by atoms with van der Waals surface area (Å²) < 4.78 is 0. The molecule has 0 bridgehead atoms. The van der Waals surface area contributed by atoms with Gasteiger partial charge < -0.3 is 15.1 Å². The van der Waals surface area contributed by atoms with E-state index in [0.29, 0.717) is 35.5 Å². The molecule has 0 saturated carbocycles. The van der Waals surface area contributed by atoms with Crippen LogP contribution in [0.4, 0.5) is 17.7 Å². The number of aromatic nitrogens is 4. The van der Waals surface area contributed by atoms with Gasteiger partial charge in [-0.3, -0.25) is 4.79 Å². The van der Waals surface area contributed by atoms with Gasteiger partial charge in [0.15, 0.2) is 5.78 Å². The van der Waals surface area contributed by atoms with E-state index < -0.39 is 0 Å². The van der Waals surface area contributed by atoms with E-state index in [1.54, 1.807) is 25.3 Å². The van der Waals surface area contributed by atoms with Gasteiger partial charge in [0.05, 0.1) is 0 Å². The number of pyridine rings is 1. The van der Waals surface area contributed by atoms with Gasteiger partial charge in [0.1, 0.15) is 5.82 Å². The second-order valence-electron chi connectivity index (χ2n) is 7.59. The molecule has 3 heterocycles. The molecule has 1 fully saturated rings. The lowest BCUT2D eigenvalue weighted by molar-refractivity contribution is 0.0993. The molecular formula is C24H25N7O. The molecule has 0 unspecified atom stereocenters. The predicted octanol–water partition coefficient (Wildman–Crippen LogP) is 2.56. The number of nitrogens with zero attached hydrogens (tertiary/aromatic N) is 6. The lowest BCUT2D eigenvalue weighted by atomic mass is 10.0. The first-order chi connectivity index (χ1) is 15.6. The minimum atomic E-state index is 0.0213. The first-order valence-electron chi connectivity index (χ1n) is 10.5. The number of Topliss-reactive ketones (excluding diaryl/α,β-unsaturated/α-hetero) is 1. The number of hydrogen-bond acceptors (Lipinski definition) is 8. The van der Waals surface area contributed by atoms with Crippen molar-refractivity contribution in [2.24, 2.45) is 0 Å². The zero-order valence-corrected chi connectivity index (χ0v) is 18.2. The summed E-state index contributed by atoms with van der Waals surface area (Å²) in [5.74, 6) is 7.61. The molecule has 1 aliphatic heterocycles. The average molecular weight is 428 g/mol. The third-order valence-electron chi connectivity index (χ3n) is 5.18. The van der Waals surface area contributed by atoms with Crippen LogP contribution < -0.4 is 10.2 Å². The van der Waals surface area contributed by atoms with Gasteiger partial charge in [-0.05, 0) is 37.6 Å². The maximum Gasteiger partial charge on any atom is 0.234 e. The van der Waals surface area contributed by atoms with Crippen LogP contribution in [0.15, 0.2) is 48.7 Å². The first kappa shape index (κ1) is 21.4. The van der Waals surface area contributed by atoms with Gasteiger partial charge in [-0.15, -0.1) is 0 Å². The van der Waals surface area contributed by atoms with E-state index in [4.69, 9.17) is 0 Å². The maximum absolute atomic E-state index is 12.7. The number of anilines is 3. The number of carbonyl (C=O) groups is 1. The van der Waals surface area contributed by atoms with Crippen LogP contribution in [0.1, 0.15) is 28.7 Å². The van der Waals surface area contributed by atoms with Crippen molar-refractivity contribution in [3.05, 3.63) is 65.6 Å². The number of likely N-dealkylation sites (N-methyl/N-ethyl adjacent to an activating group) is 1. The van der Waals surface area contributed by atoms with Crippen molar-refractivity contribution in [2.45, 2.75) is 13.3 Å². The average Bonchev–Trinajstić information content (AvgIpc) is 2.80. The molecule has 8 nitrogen and oxygen atoms in total. The van der Waals surface area contributed by atoms with Gasteiger partial charge in [0, 0.05) is 44.4 Å². The Morgan fingerprint density at radius 2 is 1.84 bits per heavy atom. The van der Waals surface area contributed by atoms with Crippen LogP contribution in [0.25, 0.3) is 0 Å². The quantitative estimate of drug-likeness (QED) is 0.474. The molecule has 2 aromatic heterocycles. The molecule has 1 aromatic carbocycles. The predicted molar refractivity (Wildman–Crippen MR) is 124 cm³/mol. The van der Waals surface area contributed by atoms with E-state index in [9.17, 15) is 4.79 Å². The Kier molecular flexibility index (Phi) is 6.68. The first-order valence-corrected chi connectivity index (χ1v) is 10.5. The molecule has 8 heteroatoms.